The molecule has 1 aliphatic heterocycles. The summed E-state index contributed by atoms with van der Waals surface area (Å²) >= 11 is 6.68. The number of amides is 1. The molecule has 0 aromatic heterocycles. The predicted molar refractivity (Wildman–Crippen MR) is 155 cm³/mol. The fourth-order valence-corrected chi connectivity index (χ4v) is 5.52. The van der Waals surface area contributed by atoms with Crippen molar-refractivity contribution in [3.05, 3.63) is 105 Å². The number of nitro benzene ring substituents is 1. The second-order valence-corrected chi connectivity index (χ2v) is 10.4. The molecule has 0 spiro atoms. The lowest BCUT2D eigenvalue weighted by molar-refractivity contribution is -0.385. The number of nitrogens with zero attached hydrogens (tertiary/aromatic N) is 2. The van der Waals surface area contributed by atoms with Crippen molar-refractivity contribution < 1.29 is 32.4 Å². The molecule has 0 unspecified atom stereocenters. The van der Waals surface area contributed by atoms with Gasteiger partial charge in [-0.3, -0.25) is 19.8 Å². The lowest BCUT2D eigenvalue weighted by Crippen LogP contribution is -2.27. The summed E-state index contributed by atoms with van der Waals surface area (Å²) in [5.74, 6) is -0.446. The van der Waals surface area contributed by atoms with Crippen LogP contribution in [0, 0.1) is 10.1 Å². The molecular weight excluding hydrogens is 577 g/mol. The average Bonchev–Trinajstić information content (AvgIpc) is 3.21. The highest BCUT2D eigenvalue weighted by atomic mass is 32.2. The highest BCUT2D eigenvalue weighted by Crippen LogP contribution is 2.42. The van der Waals surface area contributed by atoms with Crippen molar-refractivity contribution in [2.45, 2.75) is 13.1 Å². The van der Waals surface area contributed by atoms with E-state index in [1.54, 1.807) is 25.1 Å². The van der Waals surface area contributed by atoms with Crippen LogP contribution in [0.5, 0.6) is 17.2 Å². The Bertz CT molecular complexity index is 1730. The molecule has 12 heteroatoms. The number of carbonyl (C=O) groups excluding carboxylic acids is 1. The summed E-state index contributed by atoms with van der Waals surface area (Å²) < 4.78 is 50.9. The van der Waals surface area contributed by atoms with Crippen molar-refractivity contribution in [3.63, 3.8) is 0 Å². The predicted octanol–water partition coefficient (Wildman–Crippen LogP) is 8.36. The molecule has 0 aliphatic carbocycles. The van der Waals surface area contributed by atoms with Crippen molar-refractivity contribution >= 4 is 62.4 Å². The van der Waals surface area contributed by atoms with Gasteiger partial charge in [0.05, 0.1) is 27.7 Å². The van der Waals surface area contributed by atoms with Crippen LogP contribution in [-0.4, -0.2) is 21.8 Å². The average molecular weight is 597 g/mol. The molecule has 0 N–H and O–H groups in total. The van der Waals surface area contributed by atoms with Crippen LogP contribution in [0.3, 0.4) is 0 Å². The van der Waals surface area contributed by atoms with Gasteiger partial charge in [-0.2, -0.15) is 13.2 Å². The molecule has 0 saturated carbocycles. The van der Waals surface area contributed by atoms with Gasteiger partial charge >= 0.3 is 11.9 Å². The van der Waals surface area contributed by atoms with Gasteiger partial charge in [0.25, 0.3) is 5.91 Å². The molecule has 1 fully saturated rings. The molecule has 4 aromatic carbocycles. The molecule has 0 bridgehead atoms. The minimum absolute atomic E-state index is 0.0511. The Labute approximate surface area is 241 Å². The van der Waals surface area contributed by atoms with Gasteiger partial charge in [-0.15, -0.1) is 0 Å². The maximum atomic E-state index is 13.4. The third-order valence-electron chi connectivity index (χ3n) is 6.07. The van der Waals surface area contributed by atoms with Crippen molar-refractivity contribution in [1.82, 2.24) is 0 Å². The maximum Gasteiger partial charge on any atom is 0.416 e. The number of thiocarbonyl (C=S) groups is 1. The molecule has 41 heavy (non-hydrogen) atoms. The quantitative estimate of drug-likeness (QED) is 0.0918. The summed E-state index contributed by atoms with van der Waals surface area (Å²) in [5, 5.41) is 13.3. The van der Waals surface area contributed by atoms with E-state index >= 15 is 0 Å². The first-order chi connectivity index (χ1) is 19.6. The summed E-state index contributed by atoms with van der Waals surface area (Å²) in [6.07, 6.45) is -3.12. The number of fused-ring (bicyclic) bond motifs is 1. The van der Waals surface area contributed by atoms with Crippen molar-refractivity contribution in [2.75, 3.05) is 11.5 Å². The molecule has 1 aliphatic rings. The Hall–Kier alpha value is -4.42. The minimum Gasteiger partial charge on any atom is -0.490 e. The second kappa shape index (κ2) is 11.2. The van der Waals surface area contributed by atoms with Crippen molar-refractivity contribution in [3.8, 4) is 17.2 Å². The minimum atomic E-state index is -4.75. The van der Waals surface area contributed by atoms with Gasteiger partial charge in [0.1, 0.15) is 0 Å². The zero-order valence-electron chi connectivity index (χ0n) is 21.2. The number of anilines is 1. The molecular formula is C29H19F3N2O5S2. The Morgan fingerprint density at radius 1 is 1.00 bits per heavy atom. The maximum absolute atomic E-state index is 13.4. The topological polar surface area (TPSA) is 81.9 Å². The summed E-state index contributed by atoms with van der Waals surface area (Å²) in [4.78, 5) is 25.8. The first-order valence-corrected chi connectivity index (χ1v) is 13.4. The number of alkyl halides is 3. The number of hydrogen-bond donors (Lipinski definition) is 0. The number of rotatable bonds is 7. The van der Waals surface area contributed by atoms with Crippen LogP contribution in [-0.2, 0) is 11.0 Å². The van der Waals surface area contributed by atoms with Crippen LogP contribution in [0.2, 0.25) is 0 Å². The molecule has 4 aromatic rings. The van der Waals surface area contributed by atoms with E-state index in [9.17, 15) is 28.1 Å². The normalized spacial score (nSPS) is 14.6. The van der Waals surface area contributed by atoms with E-state index in [1.165, 1.54) is 11.0 Å². The highest BCUT2D eigenvalue weighted by molar-refractivity contribution is 8.27. The molecule has 208 valence electrons. The molecule has 5 rings (SSSR count). The van der Waals surface area contributed by atoms with Gasteiger partial charge in [-0.25, -0.2) is 0 Å². The van der Waals surface area contributed by atoms with E-state index in [-0.39, 0.29) is 29.8 Å². The van der Waals surface area contributed by atoms with Gasteiger partial charge < -0.3 is 9.47 Å². The fourth-order valence-electron chi connectivity index (χ4n) is 4.24. The third kappa shape index (κ3) is 5.74. The SMILES string of the molecule is CCOc1cc(/C=C2\SC(=S)N(c3cccc4ccccc34)C2=O)ccc1Oc1ccc(C(F)(F)F)cc1[N+](=O)[O-]. The number of ether oxygens (including phenoxy) is 2. The van der Waals surface area contributed by atoms with Gasteiger partial charge in [0, 0.05) is 11.5 Å². The van der Waals surface area contributed by atoms with Crippen LogP contribution >= 0.6 is 24.0 Å². The second-order valence-electron chi connectivity index (χ2n) is 8.69. The smallest absolute Gasteiger partial charge is 0.416 e. The van der Waals surface area contributed by atoms with Gasteiger partial charge in [-0.1, -0.05) is 66.4 Å². The molecule has 0 atom stereocenters. The summed E-state index contributed by atoms with van der Waals surface area (Å²) in [7, 11) is 0. The number of thioether (sulfide) groups is 1. The van der Waals surface area contributed by atoms with Crippen molar-refractivity contribution in [1.29, 1.82) is 0 Å². The zero-order valence-corrected chi connectivity index (χ0v) is 22.8. The standard InChI is InChI=1S/C29H19F3N2O5S2/c1-2-38-25-14-17(10-12-24(25)39-23-13-11-19(29(30,31)32)16-22(23)34(36)37)15-26-27(35)33(28(40)41-26)21-9-5-7-18-6-3-4-8-20(18)21/h3-16H,2H2,1H3/b26-15-. The lowest BCUT2D eigenvalue weighted by atomic mass is 10.1. The van der Waals surface area contributed by atoms with E-state index in [2.05, 4.69) is 0 Å². The fraction of sp³-hybridized carbons (Fsp3) is 0.103. The first kappa shape index (κ1) is 28.1. The number of benzene rings is 4. The van der Waals surface area contributed by atoms with E-state index in [0.717, 1.165) is 28.6 Å². The van der Waals surface area contributed by atoms with Crippen molar-refractivity contribution in [2.24, 2.45) is 0 Å². The Kier molecular flexibility index (Phi) is 7.70. The highest BCUT2D eigenvalue weighted by Gasteiger charge is 2.35. The molecule has 1 saturated heterocycles. The Morgan fingerprint density at radius 2 is 1.73 bits per heavy atom. The molecule has 1 amide bonds. The number of nitro groups is 1. The molecule has 1 heterocycles. The number of hydrogen-bond acceptors (Lipinski definition) is 7. The van der Waals surface area contributed by atoms with Crippen LogP contribution < -0.4 is 14.4 Å². The monoisotopic (exact) mass is 596 g/mol. The van der Waals surface area contributed by atoms with Crippen LogP contribution in [0.4, 0.5) is 24.5 Å². The lowest BCUT2D eigenvalue weighted by Gasteiger charge is -2.17. The summed E-state index contributed by atoms with van der Waals surface area (Å²) in [6.45, 7) is 1.92. The molecule has 0 radical (unpaired) electrons. The Balaban J connectivity index is 1.46. The number of carbonyl (C=O) groups is 1. The largest absolute Gasteiger partial charge is 0.490 e. The van der Waals surface area contributed by atoms with Crippen LogP contribution in [0.1, 0.15) is 18.1 Å². The van der Waals surface area contributed by atoms with Gasteiger partial charge in [0.2, 0.25) is 5.75 Å². The number of halogens is 3. The third-order valence-corrected chi connectivity index (χ3v) is 7.37. The summed E-state index contributed by atoms with van der Waals surface area (Å²) in [5.41, 5.74) is -0.784. The van der Waals surface area contributed by atoms with E-state index in [1.807, 2.05) is 42.5 Å². The van der Waals surface area contributed by atoms with E-state index in [0.29, 0.717) is 32.6 Å². The van der Waals surface area contributed by atoms with Crippen LogP contribution in [0.25, 0.3) is 16.8 Å². The van der Waals surface area contributed by atoms with Crippen LogP contribution in [0.15, 0.2) is 83.8 Å². The van der Waals surface area contributed by atoms with E-state index < -0.39 is 22.4 Å². The molecule has 7 nitrogen and oxygen atoms in total. The van der Waals surface area contributed by atoms with Gasteiger partial charge in [-0.05, 0) is 54.3 Å². The van der Waals surface area contributed by atoms with Gasteiger partial charge in [0.15, 0.2) is 15.8 Å². The zero-order chi connectivity index (χ0) is 29.3. The van der Waals surface area contributed by atoms with E-state index in [4.69, 9.17) is 21.7 Å². The Morgan fingerprint density at radius 3 is 2.46 bits per heavy atom. The first-order valence-electron chi connectivity index (χ1n) is 12.1. The summed E-state index contributed by atoms with van der Waals surface area (Å²) in [6, 6.07) is 19.9.